The van der Waals surface area contributed by atoms with Gasteiger partial charge < -0.3 is 10.3 Å². The molecule has 0 saturated carbocycles. The van der Waals surface area contributed by atoms with Crippen LogP contribution in [0.2, 0.25) is 5.02 Å². The number of aromatic amines is 1. The number of pyridine rings is 1. The quantitative estimate of drug-likeness (QED) is 0.594. The van der Waals surface area contributed by atoms with E-state index >= 15 is 0 Å². The van der Waals surface area contributed by atoms with E-state index in [9.17, 15) is 4.79 Å². The van der Waals surface area contributed by atoms with Crippen molar-refractivity contribution < 1.29 is 0 Å². The maximum atomic E-state index is 11.1. The molecular formula is C9H12ClN3O. The van der Waals surface area contributed by atoms with Gasteiger partial charge in [0.15, 0.2) is 0 Å². The SMILES string of the molecule is CCN=CNc1cc(Cl)c(=O)[nH]c1C. The molecule has 5 heteroatoms. The molecule has 0 unspecified atom stereocenters. The minimum Gasteiger partial charge on any atom is -0.345 e. The Morgan fingerprint density at radius 1 is 1.71 bits per heavy atom. The van der Waals surface area contributed by atoms with Crippen molar-refractivity contribution >= 4 is 23.6 Å². The van der Waals surface area contributed by atoms with Crippen LogP contribution in [0.5, 0.6) is 0 Å². The highest BCUT2D eigenvalue weighted by molar-refractivity contribution is 6.30. The van der Waals surface area contributed by atoms with Gasteiger partial charge in [-0.25, -0.2) is 0 Å². The first-order valence-corrected chi connectivity index (χ1v) is 4.67. The lowest BCUT2D eigenvalue weighted by Crippen LogP contribution is -2.10. The van der Waals surface area contributed by atoms with Crippen molar-refractivity contribution in [2.75, 3.05) is 11.9 Å². The largest absolute Gasteiger partial charge is 0.345 e. The monoisotopic (exact) mass is 213 g/mol. The zero-order valence-corrected chi connectivity index (χ0v) is 8.85. The average Bonchev–Trinajstić information content (AvgIpc) is 2.14. The maximum absolute atomic E-state index is 11.1. The predicted octanol–water partition coefficient (Wildman–Crippen LogP) is 1.80. The van der Waals surface area contributed by atoms with E-state index in [0.29, 0.717) is 6.54 Å². The lowest BCUT2D eigenvalue weighted by atomic mass is 10.3. The summed E-state index contributed by atoms with van der Waals surface area (Å²) in [6.45, 7) is 4.44. The van der Waals surface area contributed by atoms with Gasteiger partial charge >= 0.3 is 0 Å². The van der Waals surface area contributed by atoms with E-state index in [2.05, 4.69) is 15.3 Å². The van der Waals surface area contributed by atoms with Crippen LogP contribution >= 0.6 is 11.6 Å². The fourth-order valence-corrected chi connectivity index (χ4v) is 1.11. The number of rotatable bonds is 3. The van der Waals surface area contributed by atoms with Crippen LogP contribution in [0, 0.1) is 6.92 Å². The molecule has 0 fully saturated rings. The fourth-order valence-electron chi connectivity index (χ4n) is 0.954. The summed E-state index contributed by atoms with van der Waals surface area (Å²) in [6.07, 6.45) is 1.58. The van der Waals surface area contributed by atoms with E-state index < -0.39 is 0 Å². The molecule has 4 nitrogen and oxygen atoms in total. The van der Waals surface area contributed by atoms with Crippen LogP contribution in [0.25, 0.3) is 0 Å². The van der Waals surface area contributed by atoms with Crippen LogP contribution in [0.15, 0.2) is 15.9 Å². The van der Waals surface area contributed by atoms with Crippen molar-refractivity contribution in [2.24, 2.45) is 4.99 Å². The van der Waals surface area contributed by atoms with Crippen LogP contribution in [0.4, 0.5) is 5.69 Å². The number of anilines is 1. The van der Waals surface area contributed by atoms with Gasteiger partial charge in [0.25, 0.3) is 5.56 Å². The lowest BCUT2D eigenvalue weighted by molar-refractivity contribution is 1.13. The van der Waals surface area contributed by atoms with Crippen molar-refractivity contribution in [2.45, 2.75) is 13.8 Å². The maximum Gasteiger partial charge on any atom is 0.267 e. The minimum absolute atomic E-state index is 0.169. The minimum atomic E-state index is -0.276. The number of aryl methyl sites for hydroxylation is 1. The van der Waals surface area contributed by atoms with Crippen molar-refractivity contribution in [3.63, 3.8) is 0 Å². The molecule has 1 aromatic rings. The number of aromatic nitrogens is 1. The summed E-state index contributed by atoms with van der Waals surface area (Å²) in [5, 5.41) is 3.11. The molecule has 0 spiro atoms. The summed E-state index contributed by atoms with van der Waals surface area (Å²) in [6, 6.07) is 1.58. The third-order valence-corrected chi connectivity index (χ3v) is 1.97. The number of nitrogens with zero attached hydrogens (tertiary/aromatic N) is 1. The fraction of sp³-hybridized carbons (Fsp3) is 0.333. The van der Waals surface area contributed by atoms with Gasteiger partial charge in [-0.15, -0.1) is 0 Å². The molecule has 2 N–H and O–H groups in total. The molecule has 1 heterocycles. The first kappa shape index (κ1) is 10.8. The topological polar surface area (TPSA) is 57.2 Å². The van der Waals surface area contributed by atoms with E-state index in [1.165, 1.54) is 0 Å². The highest BCUT2D eigenvalue weighted by Gasteiger charge is 2.01. The molecule has 14 heavy (non-hydrogen) atoms. The Morgan fingerprint density at radius 2 is 2.43 bits per heavy atom. The third-order valence-electron chi connectivity index (χ3n) is 1.69. The van der Waals surface area contributed by atoms with Gasteiger partial charge in [-0.2, -0.15) is 0 Å². The van der Waals surface area contributed by atoms with Gasteiger partial charge in [-0.3, -0.25) is 9.79 Å². The van der Waals surface area contributed by atoms with Crippen LogP contribution < -0.4 is 10.9 Å². The van der Waals surface area contributed by atoms with Gasteiger partial charge in [0.05, 0.1) is 12.0 Å². The number of hydrogen-bond acceptors (Lipinski definition) is 2. The molecule has 0 aliphatic rings. The number of aliphatic imine (C=N–C) groups is 1. The van der Waals surface area contributed by atoms with Crippen LogP contribution in [-0.4, -0.2) is 17.9 Å². The highest BCUT2D eigenvalue weighted by atomic mass is 35.5. The Labute approximate surface area is 87.0 Å². The van der Waals surface area contributed by atoms with E-state index in [1.54, 1.807) is 19.3 Å². The van der Waals surface area contributed by atoms with Crippen molar-refractivity contribution in [3.8, 4) is 0 Å². The van der Waals surface area contributed by atoms with Gasteiger partial charge in [0.1, 0.15) is 5.02 Å². The van der Waals surface area contributed by atoms with Gasteiger partial charge in [0.2, 0.25) is 0 Å². The third kappa shape index (κ3) is 2.60. The van der Waals surface area contributed by atoms with Crippen LogP contribution in [0.1, 0.15) is 12.6 Å². The van der Waals surface area contributed by atoms with Crippen molar-refractivity contribution in [3.05, 3.63) is 27.1 Å². The molecule has 0 bridgehead atoms. The van der Waals surface area contributed by atoms with Gasteiger partial charge in [-0.05, 0) is 19.9 Å². The molecule has 0 aromatic carbocycles. The Kier molecular flexibility index (Phi) is 3.71. The van der Waals surface area contributed by atoms with Gasteiger partial charge in [0, 0.05) is 12.2 Å². The molecule has 0 amide bonds. The first-order chi connectivity index (χ1) is 6.65. The van der Waals surface area contributed by atoms with Crippen LogP contribution in [-0.2, 0) is 0 Å². The molecule has 1 aromatic heterocycles. The average molecular weight is 214 g/mol. The summed E-state index contributed by atoms with van der Waals surface area (Å²) in [4.78, 5) is 17.7. The van der Waals surface area contributed by atoms with E-state index in [-0.39, 0.29) is 10.6 Å². The zero-order valence-electron chi connectivity index (χ0n) is 8.10. The summed E-state index contributed by atoms with van der Waals surface area (Å²) in [5.41, 5.74) is 1.22. The molecule has 0 aliphatic heterocycles. The Morgan fingerprint density at radius 3 is 3.07 bits per heavy atom. The Bertz CT molecular complexity index is 398. The van der Waals surface area contributed by atoms with E-state index in [1.807, 2.05) is 6.92 Å². The smallest absolute Gasteiger partial charge is 0.267 e. The predicted molar refractivity (Wildman–Crippen MR) is 59.5 cm³/mol. The molecular weight excluding hydrogens is 202 g/mol. The summed E-state index contributed by atoms with van der Waals surface area (Å²) in [5.74, 6) is 0. The Hall–Kier alpha value is -1.29. The molecule has 0 atom stereocenters. The van der Waals surface area contributed by atoms with Crippen molar-refractivity contribution in [1.82, 2.24) is 4.98 Å². The second-order valence-electron chi connectivity index (χ2n) is 2.76. The first-order valence-electron chi connectivity index (χ1n) is 4.29. The standard InChI is InChI=1S/C9H12ClN3O/c1-3-11-5-12-8-4-7(10)9(14)13-6(8)2/h4-5H,3H2,1-2H3,(H,11,12)(H,13,14). The number of H-pyrrole nitrogens is 1. The number of nitrogens with one attached hydrogen (secondary N) is 2. The number of hydrogen-bond donors (Lipinski definition) is 2. The van der Waals surface area contributed by atoms with Gasteiger partial charge in [-0.1, -0.05) is 11.6 Å². The highest BCUT2D eigenvalue weighted by Crippen LogP contribution is 2.13. The lowest BCUT2D eigenvalue weighted by Gasteiger charge is -2.04. The summed E-state index contributed by atoms with van der Waals surface area (Å²) >= 11 is 5.67. The molecule has 76 valence electrons. The molecule has 0 radical (unpaired) electrons. The normalized spacial score (nSPS) is 10.8. The zero-order chi connectivity index (χ0) is 10.6. The van der Waals surface area contributed by atoms with E-state index in [4.69, 9.17) is 11.6 Å². The molecule has 0 aliphatic carbocycles. The van der Waals surface area contributed by atoms with Crippen LogP contribution in [0.3, 0.4) is 0 Å². The summed E-state index contributed by atoms with van der Waals surface area (Å²) < 4.78 is 0. The van der Waals surface area contributed by atoms with Crippen molar-refractivity contribution in [1.29, 1.82) is 0 Å². The Balaban J connectivity index is 2.92. The summed E-state index contributed by atoms with van der Waals surface area (Å²) in [7, 11) is 0. The molecule has 1 rings (SSSR count). The number of halogens is 1. The second-order valence-corrected chi connectivity index (χ2v) is 3.16. The second kappa shape index (κ2) is 4.81. The van der Waals surface area contributed by atoms with E-state index in [0.717, 1.165) is 11.4 Å². The molecule has 0 saturated heterocycles.